The number of amides is 1. The topological polar surface area (TPSA) is 95.9 Å². The molecule has 174 valence electrons. The molecule has 0 bridgehead atoms. The smallest absolute Gasteiger partial charge is 0.235 e. The van der Waals surface area contributed by atoms with Crippen LogP contribution < -0.4 is 5.32 Å². The van der Waals surface area contributed by atoms with Gasteiger partial charge in [-0.25, -0.2) is 0 Å². The van der Waals surface area contributed by atoms with Crippen LogP contribution in [-0.4, -0.2) is 53.4 Å². The summed E-state index contributed by atoms with van der Waals surface area (Å²) in [6.07, 6.45) is 2.79. The van der Waals surface area contributed by atoms with E-state index in [1.807, 2.05) is 13.0 Å². The zero-order chi connectivity index (χ0) is 23.1. The first-order valence-electron chi connectivity index (χ1n) is 11.6. The lowest BCUT2D eigenvalue weighted by molar-refractivity contribution is -0.149. The van der Waals surface area contributed by atoms with Crippen LogP contribution in [0.5, 0.6) is 0 Å². The Bertz CT molecular complexity index is 772. The standard InChI is InChI=1S/C25H39NO5/c1-13(2)9-18-22-16(5)15(4)11-17-10-14(3)7-8-19(27)23(29)20(31-6)12-21(28)25(17,22)24(30)26-18/h10-11,13,16-20,22-23,27,29H,7-9,12H2,1-6H3,(H,26,30)/b14-10-/t16-,17+,18-,19-,20-,22+,23-,25+/m1/s1. The van der Waals surface area contributed by atoms with E-state index in [4.69, 9.17) is 4.74 Å². The number of ether oxygens (including phenoxy) is 1. The summed E-state index contributed by atoms with van der Waals surface area (Å²) >= 11 is 0. The maximum absolute atomic E-state index is 14.0. The molecule has 3 rings (SSSR count). The minimum absolute atomic E-state index is 0.0760. The summed E-state index contributed by atoms with van der Waals surface area (Å²) < 4.78 is 5.45. The van der Waals surface area contributed by atoms with Gasteiger partial charge in [0.25, 0.3) is 0 Å². The molecule has 1 aliphatic heterocycles. The second kappa shape index (κ2) is 9.16. The van der Waals surface area contributed by atoms with Crippen LogP contribution in [0.25, 0.3) is 0 Å². The van der Waals surface area contributed by atoms with Crippen molar-refractivity contribution in [2.45, 2.75) is 84.7 Å². The largest absolute Gasteiger partial charge is 0.390 e. The number of hydrogen-bond acceptors (Lipinski definition) is 5. The fourth-order valence-corrected chi connectivity index (χ4v) is 6.08. The van der Waals surface area contributed by atoms with Crippen molar-refractivity contribution in [3.63, 3.8) is 0 Å². The Morgan fingerprint density at radius 3 is 2.52 bits per heavy atom. The third-order valence-corrected chi connectivity index (χ3v) is 7.83. The average Bonchev–Trinajstić information content (AvgIpc) is 2.98. The Kier molecular flexibility index (Phi) is 7.14. The van der Waals surface area contributed by atoms with Gasteiger partial charge in [-0.15, -0.1) is 0 Å². The number of carbonyl (C=O) groups excluding carboxylic acids is 2. The second-order valence-corrected chi connectivity index (χ2v) is 10.3. The molecule has 2 aliphatic carbocycles. The number of carbonyl (C=O) groups is 2. The lowest BCUT2D eigenvalue weighted by Gasteiger charge is -2.45. The molecule has 0 radical (unpaired) electrons. The predicted octanol–water partition coefficient (Wildman–Crippen LogP) is 2.78. The van der Waals surface area contributed by atoms with Crippen molar-refractivity contribution in [2.75, 3.05) is 7.11 Å². The highest BCUT2D eigenvalue weighted by molar-refractivity contribution is 6.09. The number of methoxy groups -OCH3 is 1. The molecule has 3 N–H and O–H groups in total. The first kappa shape index (κ1) is 24.1. The minimum atomic E-state index is -1.22. The van der Waals surface area contributed by atoms with E-state index in [1.54, 1.807) is 0 Å². The highest BCUT2D eigenvalue weighted by Crippen LogP contribution is 2.55. The summed E-state index contributed by atoms with van der Waals surface area (Å²) in [5, 5.41) is 24.3. The molecular formula is C25H39NO5. The van der Waals surface area contributed by atoms with Crippen molar-refractivity contribution in [2.24, 2.45) is 29.1 Å². The molecule has 0 aromatic rings. The molecule has 1 spiro atoms. The van der Waals surface area contributed by atoms with E-state index in [1.165, 1.54) is 12.7 Å². The molecule has 0 aromatic carbocycles. The van der Waals surface area contributed by atoms with Gasteiger partial charge in [0, 0.05) is 31.4 Å². The number of rotatable bonds is 3. The third-order valence-electron chi connectivity index (χ3n) is 7.83. The van der Waals surface area contributed by atoms with Crippen molar-refractivity contribution in [3.05, 3.63) is 23.3 Å². The maximum Gasteiger partial charge on any atom is 0.235 e. The van der Waals surface area contributed by atoms with Crippen LogP contribution in [0.15, 0.2) is 23.3 Å². The van der Waals surface area contributed by atoms with Crippen molar-refractivity contribution in [3.8, 4) is 0 Å². The van der Waals surface area contributed by atoms with Gasteiger partial charge in [-0.1, -0.05) is 44.1 Å². The second-order valence-electron chi connectivity index (χ2n) is 10.3. The highest BCUT2D eigenvalue weighted by Gasteiger charge is 2.65. The van der Waals surface area contributed by atoms with E-state index in [0.717, 1.165) is 12.0 Å². The molecule has 6 heteroatoms. The predicted molar refractivity (Wildman–Crippen MR) is 119 cm³/mol. The van der Waals surface area contributed by atoms with Crippen molar-refractivity contribution in [1.29, 1.82) is 0 Å². The number of allylic oxidation sites excluding steroid dienone is 4. The average molecular weight is 434 g/mol. The molecule has 1 heterocycles. The van der Waals surface area contributed by atoms with E-state index >= 15 is 0 Å². The normalized spacial score (nSPS) is 43.3. The fourth-order valence-electron chi connectivity index (χ4n) is 6.08. The first-order valence-corrected chi connectivity index (χ1v) is 11.6. The number of aliphatic hydroxyl groups excluding tert-OH is 2. The Hall–Kier alpha value is -1.50. The summed E-state index contributed by atoms with van der Waals surface area (Å²) in [5.74, 6) is -0.445. The summed E-state index contributed by atoms with van der Waals surface area (Å²) in [5.41, 5.74) is 0.994. The SMILES string of the molecule is CO[C@@H]1CC(=O)[C@]23C(=O)N[C@H](CC(C)C)[C@@H]2[C@H](C)C(C)=C[C@@H]3/C=C(/C)CC[C@@H](O)[C@H]1O. The van der Waals surface area contributed by atoms with Gasteiger partial charge < -0.3 is 20.3 Å². The lowest BCUT2D eigenvalue weighted by Crippen LogP contribution is -2.54. The van der Waals surface area contributed by atoms with Crippen LogP contribution in [0.2, 0.25) is 0 Å². The molecule has 3 aliphatic rings. The van der Waals surface area contributed by atoms with Gasteiger partial charge in [0.05, 0.1) is 12.2 Å². The highest BCUT2D eigenvalue weighted by atomic mass is 16.5. The van der Waals surface area contributed by atoms with E-state index in [-0.39, 0.29) is 41.9 Å². The zero-order valence-electron chi connectivity index (χ0n) is 19.7. The Morgan fingerprint density at radius 2 is 1.90 bits per heavy atom. The van der Waals surface area contributed by atoms with Gasteiger partial charge in [0.15, 0.2) is 5.78 Å². The summed E-state index contributed by atoms with van der Waals surface area (Å²) in [6.45, 7) is 10.4. The lowest BCUT2D eigenvalue weighted by atomic mass is 9.54. The molecule has 6 nitrogen and oxygen atoms in total. The van der Waals surface area contributed by atoms with Crippen LogP contribution in [0.4, 0.5) is 0 Å². The van der Waals surface area contributed by atoms with E-state index in [9.17, 15) is 19.8 Å². The van der Waals surface area contributed by atoms with E-state index < -0.39 is 23.7 Å². The number of hydrogen-bond donors (Lipinski definition) is 3. The van der Waals surface area contributed by atoms with Crippen molar-refractivity contribution in [1.82, 2.24) is 5.32 Å². The Balaban J connectivity index is 2.19. The van der Waals surface area contributed by atoms with Gasteiger partial charge in [0.2, 0.25) is 5.91 Å². The summed E-state index contributed by atoms with van der Waals surface area (Å²) in [4.78, 5) is 27.7. The van der Waals surface area contributed by atoms with Crippen LogP contribution in [0.3, 0.4) is 0 Å². The van der Waals surface area contributed by atoms with E-state index in [0.29, 0.717) is 18.8 Å². The molecule has 1 amide bonds. The summed E-state index contributed by atoms with van der Waals surface area (Å²) in [6, 6.07) is -0.0760. The third kappa shape index (κ3) is 4.14. The molecule has 31 heavy (non-hydrogen) atoms. The van der Waals surface area contributed by atoms with Crippen LogP contribution >= 0.6 is 0 Å². The zero-order valence-corrected chi connectivity index (χ0v) is 19.7. The molecule has 1 fully saturated rings. The van der Waals surface area contributed by atoms with Gasteiger partial charge in [-0.3, -0.25) is 9.59 Å². The molecule has 0 unspecified atom stereocenters. The van der Waals surface area contributed by atoms with Crippen LogP contribution in [0.1, 0.15) is 60.3 Å². The van der Waals surface area contributed by atoms with Crippen LogP contribution in [-0.2, 0) is 14.3 Å². The molecule has 1 saturated heterocycles. The maximum atomic E-state index is 14.0. The van der Waals surface area contributed by atoms with Gasteiger partial charge in [-0.2, -0.15) is 0 Å². The number of ketones is 1. The Morgan fingerprint density at radius 1 is 1.23 bits per heavy atom. The quantitative estimate of drug-likeness (QED) is 0.470. The van der Waals surface area contributed by atoms with Crippen LogP contribution in [0, 0.1) is 29.1 Å². The number of nitrogens with one attached hydrogen (secondary N) is 1. The van der Waals surface area contributed by atoms with Gasteiger partial charge in [-0.05, 0) is 44.9 Å². The monoisotopic (exact) mass is 433 g/mol. The number of aliphatic hydroxyl groups is 2. The van der Waals surface area contributed by atoms with Gasteiger partial charge >= 0.3 is 0 Å². The molecular weight excluding hydrogens is 394 g/mol. The minimum Gasteiger partial charge on any atom is -0.390 e. The molecule has 8 atom stereocenters. The first-order chi connectivity index (χ1) is 14.5. The summed E-state index contributed by atoms with van der Waals surface area (Å²) in [7, 11) is 1.44. The van der Waals surface area contributed by atoms with Crippen molar-refractivity contribution >= 4 is 11.7 Å². The fraction of sp³-hybridized carbons (Fsp3) is 0.760. The Labute approximate surface area is 186 Å². The van der Waals surface area contributed by atoms with E-state index in [2.05, 4.69) is 39.1 Å². The van der Waals surface area contributed by atoms with Crippen molar-refractivity contribution < 1.29 is 24.5 Å². The molecule has 0 aromatic heterocycles. The van der Waals surface area contributed by atoms with Gasteiger partial charge in [0.1, 0.15) is 11.5 Å². The molecule has 0 saturated carbocycles. The number of Topliss-reactive ketones (excluding diaryl/α,β-unsaturated/α-hetero) is 1.